The largest absolute Gasteiger partial charge is 0.398 e. The summed E-state index contributed by atoms with van der Waals surface area (Å²) in [5.41, 5.74) is 7.67. The van der Waals surface area contributed by atoms with Crippen LogP contribution >= 0.6 is 0 Å². The van der Waals surface area contributed by atoms with Crippen molar-refractivity contribution in [3.63, 3.8) is 0 Å². The first-order valence-electron chi connectivity index (χ1n) is 38.4. The van der Waals surface area contributed by atoms with Gasteiger partial charge in [-0.15, -0.1) is 0 Å². The van der Waals surface area contributed by atoms with Crippen LogP contribution in [0.15, 0.2) is 91.8 Å². The summed E-state index contributed by atoms with van der Waals surface area (Å²) in [6.45, 7) is -17.5. The number of rotatable bonds is 4. The fraction of sp³-hybridized carbons (Fsp3) is 0.333. The smallest absolute Gasteiger partial charge is 0.264 e. The van der Waals surface area contributed by atoms with Crippen LogP contribution in [0.3, 0.4) is 0 Å². The molecule has 88 heavy (non-hydrogen) atoms. The van der Waals surface area contributed by atoms with Gasteiger partial charge in [0.05, 0.1) is 51.8 Å². The number of aryl methyl sites for hydroxylation is 4. The third-order valence-electron chi connectivity index (χ3n) is 14.4. The third-order valence-corrected chi connectivity index (χ3v) is 14.4. The maximum absolute atomic E-state index is 13.4. The molecule has 28 heteroatoms. The molecule has 0 bridgehead atoms. The van der Waals surface area contributed by atoms with Crippen LogP contribution in [0.1, 0.15) is 135 Å². The first-order valence-corrected chi connectivity index (χ1v) is 25.7. The number of anilines is 4. The van der Waals surface area contributed by atoms with E-state index in [1.807, 2.05) is 21.3 Å². The van der Waals surface area contributed by atoms with Gasteiger partial charge >= 0.3 is 0 Å². The fourth-order valence-electron chi connectivity index (χ4n) is 9.96. The lowest BCUT2D eigenvalue weighted by atomic mass is 9.90. The number of nitrogens with zero attached hydrogens (tertiary/aromatic N) is 8. The van der Waals surface area contributed by atoms with Gasteiger partial charge in [0.1, 0.15) is 45.5 Å². The summed E-state index contributed by atoms with van der Waals surface area (Å²) in [6.07, 6.45) is -3.42. The molecule has 0 aliphatic carbocycles. The molecule has 8 aromatic rings. The summed E-state index contributed by atoms with van der Waals surface area (Å²) >= 11 is 0. The van der Waals surface area contributed by atoms with Crippen LogP contribution in [0.2, 0.25) is 0 Å². The van der Waals surface area contributed by atoms with Crippen molar-refractivity contribution in [2.75, 3.05) is 22.9 Å². The molecule has 28 nitrogen and oxygen atoms in total. The molecule has 4 aromatic carbocycles. The Balaban J connectivity index is 0.000000172. The molecule has 0 spiro atoms. The molecule has 4 unspecified atom stereocenters. The van der Waals surface area contributed by atoms with E-state index in [2.05, 4.69) is 19.9 Å². The number of nitrogen functional groups attached to an aromatic ring is 4. The number of hydrogen-bond donors (Lipinski definition) is 8. The number of carbonyl (C=O) groups is 8. The van der Waals surface area contributed by atoms with Gasteiger partial charge in [-0.05, 0) is 129 Å². The second kappa shape index (κ2) is 22.9. The highest BCUT2D eigenvalue weighted by Gasteiger charge is 2.46. The van der Waals surface area contributed by atoms with Crippen molar-refractivity contribution in [1.29, 1.82) is 0 Å². The van der Waals surface area contributed by atoms with Crippen LogP contribution in [0.4, 0.5) is 22.7 Å². The molecule has 456 valence electrons. The standard InChI is InChI=1S/4C15H16N4O3/c4*1-8-17-10-5-3-4-9(16)12(10)13(21)19(8)15(2)7-6-11(20)18-14(15)22/h4*3-5H,6-7,16H2,1-2H3,(H,18,20,22)/i1D2,2D3,3D,4D,5D;1D,2D3,3D,4D,5D;1D2,2D3;1D,2D3. The van der Waals surface area contributed by atoms with Crippen LogP contribution in [0.5, 0.6) is 0 Å². The number of hydrogen-bond acceptors (Lipinski definition) is 20. The van der Waals surface area contributed by atoms with Gasteiger partial charge < -0.3 is 22.9 Å². The quantitative estimate of drug-likeness (QED) is 0.0919. The molecule has 4 atom stereocenters. The number of imide groups is 4. The van der Waals surface area contributed by atoms with Crippen LogP contribution < -0.4 is 66.4 Å². The van der Waals surface area contributed by atoms with Crippen molar-refractivity contribution >= 4 is 114 Å². The topological polar surface area (TPSA) is 428 Å². The maximum atomic E-state index is 13.4. The second-order valence-electron chi connectivity index (χ2n) is 20.0. The van der Waals surface area contributed by atoms with Gasteiger partial charge in [-0.2, -0.15) is 0 Å². The lowest BCUT2D eigenvalue weighted by Crippen LogP contribution is -2.56. The Morgan fingerprint density at radius 1 is 0.398 bits per heavy atom. The Hall–Kier alpha value is -10.8. The number of amides is 8. The van der Waals surface area contributed by atoms with E-state index in [4.69, 9.17) is 55.8 Å². The molecular formula is C60H64N16O12. The summed E-state index contributed by atoms with van der Waals surface area (Å²) in [7, 11) is 0. The van der Waals surface area contributed by atoms with Gasteiger partial charge in [0.2, 0.25) is 23.6 Å². The SMILES string of the molecule is [2H]C([2H])c1nc2cccc(N)c2c(=O)n1C1(C([2H])([2H])[2H])CCC(=O)NC1=O.[2H]Cc1nc2c([2H])c([2H])c([2H])c(N)c2c(=O)n1C1(C([2H])([2H])[2H])CCC(=O)NC1=O.[2H]Cc1nc2cccc(N)c2c(=O)n1C1(C([2H])([2H])[2H])CCC(=O)NC1=O.[2H]c1c([2H])c(N)c2c(=O)n(C3(C([2H])([2H])[2H])CCC(=O)NC3=O)c(C([2H])[2H])nc2c1[2H]. The molecule has 4 fully saturated rings. The normalized spacial score (nSPS) is 26.5. The average molecular weight is 1230 g/mol. The predicted octanol–water partition coefficient (Wildman–Crippen LogP) is 1.76. The predicted molar refractivity (Wildman–Crippen MR) is 325 cm³/mol. The van der Waals surface area contributed by atoms with Gasteiger partial charge in [-0.25, -0.2) is 19.9 Å². The third kappa shape index (κ3) is 10.6. The van der Waals surface area contributed by atoms with E-state index < -0.39 is 260 Å². The highest BCUT2D eigenvalue weighted by Crippen LogP contribution is 2.32. The first kappa shape index (κ1) is 37.6. The van der Waals surface area contributed by atoms with Crippen LogP contribution in [0, 0.1) is 27.6 Å². The van der Waals surface area contributed by atoms with Crippen molar-refractivity contribution in [3.05, 3.63) is 137 Å². The van der Waals surface area contributed by atoms with Crippen molar-refractivity contribution in [2.45, 2.75) is 128 Å². The molecule has 12 N–H and O–H groups in total. The van der Waals surface area contributed by atoms with Crippen molar-refractivity contribution in [2.24, 2.45) is 0 Å². The number of fused-ring (bicyclic) bond motifs is 4. The second-order valence-corrected chi connectivity index (χ2v) is 20.0. The lowest BCUT2D eigenvalue weighted by Gasteiger charge is -2.34. The minimum absolute atomic E-state index is 0.0183. The van der Waals surface area contributed by atoms with Crippen LogP contribution in [-0.4, -0.2) is 85.5 Å². The Bertz CT molecular complexity index is 5650. The molecule has 8 amide bonds. The highest BCUT2D eigenvalue weighted by molar-refractivity contribution is 6.04. The van der Waals surface area contributed by atoms with Gasteiger partial charge in [-0.1, -0.05) is 24.2 Å². The highest BCUT2D eigenvalue weighted by atomic mass is 16.2. The van der Waals surface area contributed by atoms with E-state index in [1.54, 1.807) is 6.07 Å². The molecule has 4 aliphatic rings. The molecule has 4 aliphatic heterocycles. The van der Waals surface area contributed by atoms with Crippen molar-refractivity contribution in [3.8, 4) is 0 Å². The minimum atomic E-state index is -3.20. The molecular weight excluding hydrogens is 1140 g/mol. The van der Waals surface area contributed by atoms with E-state index in [0.717, 1.165) is 4.57 Å². The number of nitrogens with one attached hydrogen (secondary N) is 4. The van der Waals surface area contributed by atoms with Crippen molar-refractivity contribution < 1.29 is 71.3 Å². The summed E-state index contributed by atoms with van der Waals surface area (Å²) in [4.78, 5) is 166. The van der Waals surface area contributed by atoms with E-state index in [-0.39, 0.29) is 63.8 Å². The van der Waals surface area contributed by atoms with Crippen LogP contribution in [0.25, 0.3) is 43.6 Å². The van der Waals surface area contributed by atoms with Crippen molar-refractivity contribution in [1.82, 2.24) is 59.5 Å². The van der Waals surface area contributed by atoms with Gasteiger partial charge in [-0.3, -0.25) is 97.1 Å². The minimum Gasteiger partial charge on any atom is -0.398 e. The number of carbonyl (C=O) groups excluding carboxylic acids is 8. The van der Waals surface area contributed by atoms with Gasteiger partial charge in [0.25, 0.3) is 45.9 Å². The summed E-state index contributed by atoms with van der Waals surface area (Å²) in [5.74, 6) is -9.52. The summed E-state index contributed by atoms with van der Waals surface area (Å²) in [5, 5.41) is 6.56. The summed E-state index contributed by atoms with van der Waals surface area (Å²) in [6, 6.07) is 5.19. The fourth-order valence-corrected chi connectivity index (χ4v) is 9.96. The monoisotopic (exact) mass is 1220 g/mol. The Morgan fingerprint density at radius 3 is 0.977 bits per heavy atom. The first-order chi connectivity index (χ1) is 51.8. The van der Waals surface area contributed by atoms with Crippen LogP contribution in [-0.2, 0) is 60.5 Å². The lowest BCUT2D eigenvalue weighted by molar-refractivity contribution is -0.141. The van der Waals surface area contributed by atoms with E-state index in [9.17, 15) is 57.5 Å². The molecule has 12 rings (SSSR count). The number of nitrogens with two attached hydrogens (primary N) is 4. The zero-order chi connectivity index (χ0) is 84.1. The molecule has 8 heterocycles. The van der Waals surface area contributed by atoms with E-state index in [1.165, 1.54) is 30.3 Å². The Labute approximate surface area is 532 Å². The maximum Gasteiger partial charge on any atom is 0.264 e. The zero-order valence-electron chi connectivity index (χ0n) is 69.5. The number of benzene rings is 4. The molecule has 4 aromatic heterocycles. The average Bonchev–Trinajstić information content (AvgIpc) is 0.726. The number of aromatic nitrogens is 8. The van der Waals surface area contributed by atoms with Gasteiger partial charge in [0, 0.05) is 73.1 Å². The molecule has 4 saturated heterocycles. The number of piperidine rings is 4. The van der Waals surface area contributed by atoms with Gasteiger partial charge in [0.15, 0.2) is 0 Å². The molecule has 0 radical (unpaired) electrons. The Morgan fingerprint density at radius 2 is 0.682 bits per heavy atom. The van der Waals surface area contributed by atoms with E-state index in [0.29, 0.717) is 13.7 Å². The Kier molecular flexibility index (Phi) is 9.78. The zero-order valence-corrected chi connectivity index (χ0v) is 45.5. The summed E-state index contributed by atoms with van der Waals surface area (Å²) < 4.78 is 191. The molecule has 0 saturated carbocycles. The van der Waals surface area contributed by atoms with E-state index >= 15 is 0 Å².